The molecule has 1 aromatic carbocycles. The standard InChI is InChI=1S/C18H22N4O3/c1-10-14(16(24)21(6)19-10)15(23)11-7-8-12-13(9-11)22(18(2,3)4)17(25)20(12)5/h7-9,19H,1-6H3. The van der Waals surface area contributed by atoms with Crippen molar-refractivity contribution in [1.82, 2.24) is 18.9 Å². The highest BCUT2D eigenvalue weighted by molar-refractivity contribution is 6.10. The molecular weight excluding hydrogens is 320 g/mol. The molecule has 0 fully saturated rings. The fourth-order valence-electron chi connectivity index (χ4n) is 3.23. The smallest absolute Gasteiger partial charge is 0.299 e. The second kappa shape index (κ2) is 5.34. The molecule has 3 aromatic rings. The maximum atomic E-state index is 12.9. The van der Waals surface area contributed by atoms with Crippen LogP contribution in [0, 0.1) is 6.92 Å². The molecule has 0 atom stereocenters. The molecule has 0 unspecified atom stereocenters. The summed E-state index contributed by atoms with van der Waals surface area (Å²) in [6, 6.07) is 5.10. The zero-order valence-electron chi connectivity index (χ0n) is 15.3. The van der Waals surface area contributed by atoms with Crippen LogP contribution in [0.1, 0.15) is 42.4 Å². The van der Waals surface area contributed by atoms with Crippen LogP contribution >= 0.6 is 0 Å². The molecule has 2 heterocycles. The largest absolute Gasteiger partial charge is 0.329 e. The average molecular weight is 342 g/mol. The summed E-state index contributed by atoms with van der Waals surface area (Å²) in [5.41, 5.74) is 1.53. The van der Waals surface area contributed by atoms with E-state index in [1.807, 2.05) is 20.8 Å². The van der Waals surface area contributed by atoms with Crippen molar-refractivity contribution in [2.24, 2.45) is 14.1 Å². The van der Waals surface area contributed by atoms with E-state index in [2.05, 4.69) is 5.10 Å². The number of H-pyrrole nitrogens is 1. The van der Waals surface area contributed by atoms with Crippen molar-refractivity contribution >= 4 is 16.8 Å². The maximum Gasteiger partial charge on any atom is 0.329 e. The number of ketones is 1. The normalized spacial score (nSPS) is 12.1. The lowest BCUT2D eigenvalue weighted by Gasteiger charge is -2.20. The predicted octanol–water partition coefficient (Wildman–Crippen LogP) is 1.66. The Labute approximate surface area is 144 Å². The highest BCUT2D eigenvalue weighted by Crippen LogP contribution is 2.23. The molecule has 0 spiro atoms. The summed E-state index contributed by atoms with van der Waals surface area (Å²) in [7, 11) is 3.28. The van der Waals surface area contributed by atoms with Crippen molar-refractivity contribution in [3.63, 3.8) is 0 Å². The first kappa shape index (κ1) is 17.0. The Hall–Kier alpha value is -2.83. The van der Waals surface area contributed by atoms with Crippen LogP contribution in [0.25, 0.3) is 11.0 Å². The molecule has 0 bridgehead atoms. The highest BCUT2D eigenvalue weighted by atomic mass is 16.2. The van der Waals surface area contributed by atoms with Gasteiger partial charge in [-0.3, -0.25) is 28.5 Å². The number of hydrogen-bond acceptors (Lipinski definition) is 3. The number of aryl methyl sites for hydroxylation is 3. The van der Waals surface area contributed by atoms with Crippen molar-refractivity contribution in [2.45, 2.75) is 33.2 Å². The second-order valence-electron chi connectivity index (χ2n) is 7.36. The van der Waals surface area contributed by atoms with Gasteiger partial charge in [-0.15, -0.1) is 0 Å². The van der Waals surface area contributed by atoms with Crippen molar-refractivity contribution in [1.29, 1.82) is 0 Å². The summed E-state index contributed by atoms with van der Waals surface area (Å²) in [6.45, 7) is 7.51. The lowest BCUT2D eigenvalue weighted by atomic mass is 10.0. The van der Waals surface area contributed by atoms with Crippen LogP contribution in [-0.4, -0.2) is 24.7 Å². The van der Waals surface area contributed by atoms with Crippen LogP contribution in [0.2, 0.25) is 0 Å². The van der Waals surface area contributed by atoms with Crippen molar-refractivity contribution in [3.05, 3.63) is 55.9 Å². The Kier molecular flexibility index (Phi) is 3.63. The first-order chi connectivity index (χ1) is 11.5. The Morgan fingerprint density at radius 3 is 2.24 bits per heavy atom. The lowest BCUT2D eigenvalue weighted by Crippen LogP contribution is -2.34. The Morgan fingerprint density at radius 1 is 1.08 bits per heavy atom. The summed E-state index contributed by atoms with van der Waals surface area (Å²) < 4.78 is 4.52. The number of hydrogen-bond donors (Lipinski definition) is 1. The summed E-state index contributed by atoms with van der Waals surface area (Å²) in [6.07, 6.45) is 0. The van der Waals surface area contributed by atoms with Gasteiger partial charge >= 0.3 is 5.69 Å². The van der Waals surface area contributed by atoms with Crippen LogP contribution in [0.3, 0.4) is 0 Å². The van der Waals surface area contributed by atoms with Gasteiger partial charge in [0.05, 0.1) is 11.0 Å². The average Bonchev–Trinajstić information content (AvgIpc) is 2.91. The van der Waals surface area contributed by atoms with Crippen LogP contribution in [0.15, 0.2) is 27.8 Å². The zero-order chi connectivity index (χ0) is 18.7. The maximum absolute atomic E-state index is 12.9. The molecule has 3 rings (SSSR count). The van der Waals surface area contributed by atoms with E-state index >= 15 is 0 Å². The molecule has 0 amide bonds. The molecule has 1 N–H and O–H groups in total. The van der Waals surface area contributed by atoms with Crippen LogP contribution in [0.4, 0.5) is 0 Å². The van der Waals surface area contributed by atoms with Gasteiger partial charge in [0.15, 0.2) is 0 Å². The van der Waals surface area contributed by atoms with Gasteiger partial charge in [0.1, 0.15) is 5.56 Å². The Balaban J connectivity index is 2.28. The molecular formula is C18H22N4O3. The van der Waals surface area contributed by atoms with Gasteiger partial charge in [-0.05, 0) is 45.9 Å². The molecule has 25 heavy (non-hydrogen) atoms. The molecule has 0 radical (unpaired) electrons. The third-order valence-electron chi connectivity index (χ3n) is 4.44. The van der Waals surface area contributed by atoms with Crippen LogP contribution in [0.5, 0.6) is 0 Å². The van der Waals surface area contributed by atoms with Gasteiger partial charge in [0, 0.05) is 30.9 Å². The minimum Gasteiger partial charge on any atom is -0.299 e. The van der Waals surface area contributed by atoms with Gasteiger partial charge in [0.2, 0.25) is 5.78 Å². The SMILES string of the molecule is Cc1[nH]n(C)c(=O)c1C(=O)c1ccc2c(c1)n(C(C)(C)C)c(=O)n2C. The zero-order valence-corrected chi connectivity index (χ0v) is 15.3. The van der Waals surface area contributed by atoms with E-state index in [9.17, 15) is 14.4 Å². The first-order valence-corrected chi connectivity index (χ1v) is 8.06. The fraction of sp³-hybridized carbons (Fsp3) is 0.389. The second-order valence-corrected chi connectivity index (χ2v) is 7.36. The molecule has 2 aromatic heterocycles. The molecule has 0 saturated heterocycles. The Bertz CT molecular complexity index is 1120. The molecule has 0 aliphatic heterocycles. The van der Waals surface area contributed by atoms with Gasteiger partial charge < -0.3 is 0 Å². The van der Waals surface area contributed by atoms with E-state index in [4.69, 9.17) is 0 Å². The quantitative estimate of drug-likeness (QED) is 0.719. The van der Waals surface area contributed by atoms with E-state index in [-0.39, 0.29) is 22.6 Å². The number of benzene rings is 1. The number of nitrogens with one attached hydrogen (secondary N) is 1. The number of carbonyl (C=O) groups is 1. The number of aromatic amines is 1. The summed E-state index contributed by atoms with van der Waals surface area (Å²) >= 11 is 0. The van der Waals surface area contributed by atoms with E-state index in [0.29, 0.717) is 16.8 Å². The van der Waals surface area contributed by atoms with Crippen molar-refractivity contribution in [3.8, 4) is 0 Å². The lowest BCUT2D eigenvalue weighted by molar-refractivity contribution is 0.103. The molecule has 7 heteroatoms. The van der Waals surface area contributed by atoms with E-state index in [1.54, 1.807) is 48.4 Å². The van der Waals surface area contributed by atoms with E-state index in [1.165, 1.54) is 4.68 Å². The number of nitrogens with zero attached hydrogens (tertiary/aromatic N) is 3. The monoisotopic (exact) mass is 342 g/mol. The first-order valence-electron chi connectivity index (χ1n) is 8.06. The fourth-order valence-corrected chi connectivity index (χ4v) is 3.23. The number of aromatic nitrogens is 4. The van der Waals surface area contributed by atoms with Crippen molar-refractivity contribution in [2.75, 3.05) is 0 Å². The van der Waals surface area contributed by atoms with Gasteiger partial charge in [-0.2, -0.15) is 0 Å². The van der Waals surface area contributed by atoms with E-state index in [0.717, 1.165) is 5.52 Å². The summed E-state index contributed by atoms with van der Waals surface area (Å²) in [5, 5.41) is 2.84. The highest BCUT2D eigenvalue weighted by Gasteiger charge is 2.24. The van der Waals surface area contributed by atoms with Gasteiger partial charge in [-0.1, -0.05) is 0 Å². The molecule has 7 nitrogen and oxygen atoms in total. The number of rotatable bonds is 2. The third kappa shape index (κ3) is 2.47. The van der Waals surface area contributed by atoms with Gasteiger partial charge in [0.25, 0.3) is 5.56 Å². The Morgan fingerprint density at radius 2 is 1.72 bits per heavy atom. The molecule has 0 aliphatic carbocycles. The molecule has 0 aliphatic rings. The topological polar surface area (TPSA) is 81.8 Å². The van der Waals surface area contributed by atoms with Crippen LogP contribution < -0.4 is 11.2 Å². The summed E-state index contributed by atoms with van der Waals surface area (Å²) in [5.74, 6) is -0.349. The molecule has 0 saturated carbocycles. The van der Waals surface area contributed by atoms with Gasteiger partial charge in [-0.25, -0.2) is 4.79 Å². The minimum absolute atomic E-state index is 0.127. The van der Waals surface area contributed by atoms with Crippen molar-refractivity contribution < 1.29 is 4.79 Å². The minimum atomic E-state index is -0.432. The van der Waals surface area contributed by atoms with Crippen LogP contribution in [-0.2, 0) is 19.6 Å². The summed E-state index contributed by atoms with van der Waals surface area (Å²) in [4.78, 5) is 37.7. The molecule has 132 valence electrons. The third-order valence-corrected chi connectivity index (χ3v) is 4.44. The van der Waals surface area contributed by atoms with E-state index < -0.39 is 5.54 Å². The number of carbonyl (C=O) groups excluding carboxylic acids is 1. The number of fused-ring (bicyclic) bond motifs is 1. The number of imidazole rings is 1. The predicted molar refractivity (Wildman–Crippen MR) is 96.4 cm³/mol.